The molecule has 3 heteroatoms. The molecule has 1 aliphatic carbocycles. The molecule has 0 aromatic rings. The van der Waals surface area contributed by atoms with Gasteiger partial charge in [-0.25, -0.2) is 0 Å². The molecule has 2 heterocycles. The van der Waals surface area contributed by atoms with Gasteiger partial charge in [0.25, 0.3) is 0 Å². The Hall–Kier alpha value is -0.120. The van der Waals surface area contributed by atoms with Crippen LogP contribution in [0.5, 0.6) is 0 Å². The summed E-state index contributed by atoms with van der Waals surface area (Å²) in [5.41, 5.74) is 0. The lowest BCUT2D eigenvalue weighted by Gasteiger charge is -2.45. The van der Waals surface area contributed by atoms with Crippen LogP contribution in [0.4, 0.5) is 0 Å². The zero-order valence-electron chi connectivity index (χ0n) is 13.6. The van der Waals surface area contributed by atoms with Crippen LogP contribution < -0.4 is 0 Å². The minimum Gasteiger partial charge on any atom is -0.304 e. The van der Waals surface area contributed by atoms with Gasteiger partial charge in [0.1, 0.15) is 0 Å². The third-order valence-electron chi connectivity index (χ3n) is 6.06. The van der Waals surface area contributed by atoms with Crippen LogP contribution in [-0.4, -0.2) is 73.1 Å². The zero-order chi connectivity index (χ0) is 13.9. The smallest absolute Gasteiger partial charge is 0.0121 e. The van der Waals surface area contributed by atoms with Crippen LogP contribution in [0.15, 0.2) is 0 Å². The second kappa shape index (κ2) is 6.76. The van der Waals surface area contributed by atoms with Crippen molar-refractivity contribution < 1.29 is 0 Å². The number of rotatable bonds is 2. The standard InChI is InChI=1S/C17H33N3/c1-15-3-5-16(6-4-15)19-9-7-17(8-10-19)20-13-11-18(2)12-14-20/h15-17H,3-14H2,1-2H3. The van der Waals surface area contributed by atoms with Crippen molar-refractivity contribution in [2.45, 2.75) is 57.5 Å². The number of likely N-dealkylation sites (tertiary alicyclic amines) is 1. The van der Waals surface area contributed by atoms with Crippen LogP contribution >= 0.6 is 0 Å². The Morgan fingerprint density at radius 2 is 1.10 bits per heavy atom. The highest BCUT2D eigenvalue weighted by Gasteiger charge is 2.30. The highest BCUT2D eigenvalue weighted by molar-refractivity contribution is 4.86. The minimum atomic E-state index is 0.877. The van der Waals surface area contributed by atoms with Crippen LogP contribution in [0.2, 0.25) is 0 Å². The third-order valence-corrected chi connectivity index (χ3v) is 6.06. The number of likely N-dealkylation sites (N-methyl/N-ethyl adjacent to an activating group) is 1. The number of piperazine rings is 1. The number of nitrogens with zero attached hydrogens (tertiary/aromatic N) is 3. The van der Waals surface area contributed by atoms with Gasteiger partial charge in [-0.2, -0.15) is 0 Å². The zero-order valence-corrected chi connectivity index (χ0v) is 13.6. The van der Waals surface area contributed by atoms with Gasteiger partial charge in [0.15, 0.2) is 0 Å². The summed E-state index contributed by atoms with van der Waals surface area (Å²) in [6.45, 7) is 10.3. The molecule has 0 bridgehead atoms. The second-order valence-electron chi connectivity index (χ2n) is 7.52. The first kappa shape index (κ1) is 14.8. The summed E-state index contributed by atoms with van der Waals surface area (Å²) in [7, 11) is 2.25. The molecule has 0 amide bonds. The first-order valence-corrected chi connectivity index (χ1v) is 8.89. The molecule has 3 nitrogen and oxygen atoms in total. The van der Waals surface area contributed by atoms with Crippen molar-refractivity contribution in [1.29, 1.82) is 0 Å². The fourth-order valence-corrected chi connectivity index (χ4v) is 4.41. The minimum absolute atomic E-state index is 0.877. The van der Waals surface area contributed by atoms with Gasteiger partial charge in [0, 0.05) is 38.3 Å². The fourth-order valence-electron chi connectivity index (χ4n) is 4.41. The average Bonchev–Trinajstić information content (AvgIpc) is 2.49. The summed E-state index contributed by atoms with van der Waals surface area (Å²) in [5, 5.41) is 0. The van der Waals surface area contributed by atoms with Crippen molar-refractivity contribution in [2.24, 2.45) is 5.92 Å². The van der Waals surface area contributed by atoms with E-state index in [-0.39, 0.29) is 0 Å². The molecule has 116 valence electrons. The topological polar surface area (TPSA) is 9.72 Å². The summed E-state index contributed by atoms with van der Waals surface area (Å²) in [5.74, 6) is 0.981. The molecule has 2 saturated heterocycles. The van der Waals surface area contributed by atoms with Crippen LogP contribution in [0.3, 0.4) is 0 Å². The van der Waals surface area contributed by atoms with Crippen LogP contribution in [0.1, 0.15) is 45.4 Å². The first-order chi connectivity index (χ1) is 9.72. The maximum Gasteiger partial charge on any atom is 0.0121 e. The molecule has 1 saturated carbocycles. The van der Waals surface area contributed by atoms with Crippen molar-refractivity contribution in [3.8, 4) is 0 Å². The van der Waals surface area contributed by atoms with E-state index in [0.717, 1.165) is 18.0 Å². The maximum atomic E-state index is 2.82. The lowest BCUT2D eigenvalue weighted by molar-refractivity contribution is 0.0437. The normalized spacial score (nSPS) is 36.3. The van der Waals surface area contributed by atoms with Gasteiger partial charge in [-0.05, 0) is 64.6 Å². The highest BCUT2D eigenvalue weighted by Crippen LogP contribution is 2.29. The summed E-state index contributed by atoms with van der Waals surface area (Å²) in [6.07, 6.45) is 8.67. The molecule has 0 N–H and O–H groups in total. The van der Waals surface area contributed by atoms with Crippen molar-refractivity contribution >= 4 is 0 Å². The molecule has 3 rings (SSSR count). The summed E-state index contributed by atoms with van der Waals surface area (Å²) in [4.78, 5) is 8.05. The molecule has 0 radical (unpaired) electrons. The largest absolute Gasteiger partial charge is 0.304 e. The maximum absolute atomic E-state index is 2.82. The Morgan fingerprint density at radius 3 is 1.70 bits per heavy atom. The molecule has 0 unspecified atom stereocenters. The van der Waals surface area contributed by atoms with Gasteiger partial charge in [-0.15, -0.1) is 0 Å². The molecule has 0 aromatic carbocycles. The lowest BCUT2D eigenvalue weighted by atomic mass is 9.85. The average molecular weight is 279 g/mol. The highest BCUT2D eigenvalue weighted by atomic mass is 15.3. The Bertz CT molecular complexity index is 253. The Balaban J connectivity index is 1.42. The van der Waals surface area contributed by atoms with Crippen LogP contribution in [-0.2, 0) is 0 Å². The van der Waals surface area contributed by atoms with E-state index in [0.29, 0.717) is 0 Å². The lowest BCUT2D eigenvalue weighted by Crippen LogP contribution is -2.53. The van der Waals surface area contributed by atoms with Crippen LogP contribution in [0, 0.1) is 5.92 Å². The van der Waals surface area contributed by atoms with E-state index in [1.165, 1.54) is 77.8 Å². The van der Waals surface area contributed by atoms with E-state index in [4.69, 9.17) is 0 Å². The Labute approximate surface area is 125 Å². The molecule has 3 aliphatic rings. The molecule has 20 heavy (non-hydrogen) atoms. The molecule has 2 aliphatic heterocycles. The van der Waals surface area contributed by atoms with Crippen molar-refractivity contribution in [1.82, 2.24) is 14.7 Å². The molecule has 3 fully saturated rings. The molecular weight excluding hydrogens is 246 g/mol. The molecule has 0 atom stereocenters. The summed E-state index contributed by atoms with van der Waals surface area (Å²) < 4.78 is 0. The third kappa shape index (κ3) is 3.55. The van der Waals surface area contributed by atoms with Gasteiger partial charge in [-0.3, -0.25) is 4.90 Å². The van der Waals surface area contributed by atoms with Crippen molar-refractivity contribution in [2.75, 3.05) is 46.3 Å². The van der Waals surface area contributed by atoms with E-state index in [9.17, 15) is 0 Å². The van der Waals surface area contributed by atoms with Crippen LogP contribution in [0.25, 0.3) is 0 Å². The number of hydrogen-bond acceptors (Lipinski definition) is 3. The predicted octanol–water partition coefficient (Wildman–Crippen LogP) is 2.28. The monoisotopic (exact) mass is 279 g/mol. The Morgan fingerprint density at radius 1 is 0.600 bits per heavy atom. The van der Waals surface area contributed by atoms with E-state index in [2.05, 4.69) is 28.7 Å². The Kier molecular flexibility index (Phi) is 5.00. The van der Waals surface area contributed by atoms with E-state index in [1.807, 2.05) is 0 Å². The van der Waals surface area contributed by atoms with E-state index < -0.39 is 0 Å². The number of piperidine rings is 1. The van der Waals surface area contributed by atoms with Gasteiger partial charge in [0.2, 0.25) is 0 Å². The number of hydrogen-bond donors (Lipinski definition) is 0. The summed E-state index contributed by atoms with van der Waals surface area (Å²) in [6, 6.07) is 1.79. The summed E-state index contributed by atoms with van der Waals surface area (Å²) >= 11 is 0. The van der Waals surface area contributed by atoms with E-state index >= 15 is 0 Å². The van der Waals surface area contributed by atoms with Gasteiger partial charge >= 0.3 is 0 Å². The predicted molar refractivity (Wildman–Crippen MR) is 85.1 cm³/mol. The van der Waals surface area contributed by atoms with E-state index in [1.54, 1.807) is 0 Å². The quantitative estimate of drug-likeness (QED) is 0.768. The van der Waals surface area contributed by atoms with Crippen molar-refractivity contribution in [3.05, 3.63) is 0 Å². The fraction of sp³-hybridized carbons (Fsp3) is 1.00. The second-order valence-corrected chi connectivity index (χ2v) is 7.52. The van der Waals surface area contributed by atoms with Gasteiger partial charge < -0.3 is 9.80 Å². The SMILES string of the molecule is CC1CCC(N2CCC(N3CCN(C)CC3)CC2)CC1. The van der Waals surface area contributed by atoms with Gasteiger partial charge in [-0.1, -0.05) is 6.92 Å². The molecule has 0 spiro atoms. The first-order valence-electron chi connectivity index (χ1n) is 8.89. The molecular formula is C17H33N3. The molecule has 0 aromatic heterocycles. The van der Waals surface area contributed by atoms with Crippen molar-refractivity contribution in [3.63, 3.8) is 0 Å². The van der Waals surface area contributed by atoms with Gasteiger partial charge in [0.05, 0.1) is 0 Å².